The van der Waals surface area contributed by atoms with Crippen molar-refractivity contribution in [3.8, 4) is 0 Å². The van der Waals surface area contributed by atoms with Gasteiger partial charge in [0.2, 0.25) is 0 Å². The van der Waals surface area contributed by atoms with Crippen LogP contribution in [0.15, 0.2) is 30.3 Å². The predicted molar refractivity (Wildman–Crippen MR) is 81.8 cm³/mol. The lowest BCUT2D eigenvalue weighted by molar-refractivity contribution is -0.157. The van der Waals surface area contributed by atoms with Gasteiger partial charge >= 0.3 is 5.97 Å². The maximum absolute atomic E-state index is 12.4. The predicted octanol–water partition coefficient (Wildman–Crippen LogP) is 1.61. The molecule has 2 saturated heterocycles. The van der Waals surface area contributed by atoms with Crippen molar-refractivity contribution >= 4 is 5.97 Å². The van der Waals surface area contributed by atoms with E-state index in [1.807, 2.05) is 6.07 Å². The summed E-state index contributed by atoms with van der Waals surface area (Å²) >= 11 is 0. The highest BCUT2D eigenvalue weighted by Crippen LogP contribution is 2.43. The second-order valence-electron chi connectivity index (χ2n) is 6.51. The number of piperidine rings is 1. The van der Waals surface area contributed by atoms with E-state index in [2.05, 4.69) is 41.1 Å². The van der Waals surface area contributed by atoms with E-state index in [1.165, 1.54) is 12.7 Å². The first-order valence-corrected chi connectivity index (χ1v) is 7.67. The van der Waals surface area contributed by atoms with Crippen molar-refractivity contribution in [2.24, 2.45) is 11.3 Å². The molecule has 0 N–H and O–H groups in total. The Hall–Kier alpha value is -1.39. The van der Waals surface area contributed by atoms with E-state index in [9.17, 15) is 4.79 Å². The van der Waals surface area contributed by atoms with Crippen molar-refractivity contribution in [3.63, 3.8) is 0 Å². The van der Waals surface area contributed by atoms with E-state index in [0.29, 0.717) is 5.92 Å². The summed E-state index contributed by atoms with van der Waals surface area (Å²) in [6, 6.07) is 10.5. The number of ether oxygens (including phenoxy) is 1. The number of methoxy groups -OCH3 is 1. The summed E-state index contributed by atoms with van der Waals surface area (Å²) in [5, 5.41) is 0. The molecule has 0 unspecified atom stereocenters. The zero-order chi connectivity index (χ0) is 14.9. The molecule has 2 aliphatic rings. The molecule has 1 aromatic rings. The fraction of sp³-hybridized carbons (Fsp3) is 0.588. The van der Waals surface area contributed by atoms with Crippen LogP contribution in [0.4, 0.5) is 0 Å². The Morgan fingerprint density at radius 3 is 2.81 bits per heavy atom. The van der Waals surface area contributed by atoms with Gasteiger partial charge in [0.1, 0.15) is 0 Å². The summed E-state index contributed by atoms with van der Waals surface area (Å²) in [7, 11) is 3.66. The second-order valence-corrected chi connectivity index (χ2v) is 6.51. The van der Waals surface area contributed by atoms with E-state index < -0.39 is 0 Å². The van der Waals surface area contributed by atoms with Crippen LogP contribution in [0.2, 0.25) is 0 Å². The third-order valence-electron chi connectivity index (χ3n) is 5.08. The summed E-state index contributed by atoms with van der Waals surface area (Å²) < 4.78 is 5.14. The van der Waals surface area contributed by atoms with Crippen LogP contribution in [0.5, 0.6) is 0 Å². The molecule has 0 aliphatic carbocycles. The van der Waals surface area contributed by atoms with Crippen LogP contribution in [0.1, 0.15) is 12.0 Å². The lowest BCUT2D eigenvalue weighted by Gasteiger charge is -2.39. The van der Waals surface area contributed by atoms with Crippen molar-refractivity contribution in [1.82, 2.24) is 9.80 Å². The quantitative estimate of drug-likeness (QED) is 0.791. The third-order valence-corrected chi connectivity index (χ3v) is 5.08. The van der Waals surface area contributed by atoms with E-state index in [0.717, 1.165) is 39.1 Å². The Bertz CT molecular complexity index is 505. The molecule has 1 aromatic carbocycles. The molecule has 2 atom stereocenters. The van der Waals surface area contributed by atoms with Crippen LogP contribution in [0.3, 0.4) is 0 Å². The molecule has 2 aliphatic heterocycles. The third kappa shape index (κ3) is 2.70. The normalized spacial score (nSPS) is 30.1. The minimum absolute atomic E-state index is 0.0174. The molecule has 2 fully saturated rings. The average Bonchev–Trinajstić information content (AvgIpc) is 2.85. The molecule has 21 heavy (non-hydrogen) atoms. The minimum Gasteiger partial charge on any atom is -0.469 e. The number of hydrogen-bond donors (Lipinski definition) is 0. The number of nitrogens with zero attached hydrogens (tertiary/aromatic N) is 2. The number of likely N-dealkylation sites (tertiary alicyclic amines) is 2. The first-order chi connectivity index (χ1) is 10.1. The Morgan fingerprint density at radius 1 is 1.33 bits per heavy atom. The van der Waals surface area contributed by atoms with E-state index in [1.54, 1.807) is 0 Å². The van der Waals surface area contributed by atoms with Gasteiger partial charge in [-0.3, -0.25) is 9.69 Å². The fourth-order valence-electron chi connectivity index (χ4n) is 3.95. The number of carbonyl (C=O) groups is 1. The van der Waals surface area contributed by atoms with Crippen LogP contribution < -0.4 is 0 Å². The highest BCUT2D eigenvalue weighted by atomic mass is 16.5. The zero-order valence-corrected chi connectivity index (χ0v) is 12.9. The number of fused-ring (bicyclic) bond motifs is 1. The minimum atomic E-state index is -0.296. The Labute approximate surface area is 126 Å². The van der Waals surface area contributed by atoms with Gasteiger partial charge in [-0.2, -0.15) is 0 Å². The Morgan fingerprint density at radius 2 is 2.10 bits per heavy atom. The summed E-state index contributed by atoms with van der Waals surface area (Å²) in [6.45, 7) is 4.69. The number of carbonyl (C=O) groups excluding carboxylic acids is 1. The van der Waals surface area contributed by atoms with Crippen LogP contribution in [-0.4, -0.2) is 56.1 Å². The van der Waals surface area contributed by atoms with Gasteiger partial charge in [-0.25, -0.2) is 0 Å². The fourth-order valence-corrected chi connectivity index (χ4v) is 3.95. The molecule has 3 rings (SSSR count). The SMILES string of the molecule is COC(=O)[C@]12CCN(C)C[C@H]1CN(Cc1ccccc1)C2. The monoisotopic (exact) mass is 288 g/mol. The smallest absolute Gasteiger partial charge is 0.313 e. The molecule has 4 heteroatoms. The maximum Gasteiger partial charge on any atom is 0.313 e. The molecule has 2 heterocycles. The van der Waals surface area contributed by atoms with Gasteiger partial charge in [-0.05, 0) is 25.6 Å². The molecule has 0 aromatic heterocycles. The molecule has 0 radical (unpaired) electrons. The molecule has 114 valence electrons. The topological polar surface area (TPSA) is 32.8 Å². The van der Waals surface area contributed by atoms with Crippen LogP contribution in [-0.2, 0) is 16.1 Å². The van der Waals surface area contributed by atoms with Gasteiger partial charge in [0.25, 0.3) is 0 Å². The first kappa shape index (κ1) is 14.5. The largest absolute Gasteiger partial charge is 0.469 e. The van der Waals surface area contributed by atoms with Crippen LogP contribution in [0, 0.1) is 11.3 Å². The van der Waals surface area contributed by atoms with Gasteiger partial charge in [-0.15, -0.1) is 0 Å². The van der Waals surface area contributed by atoms with Crippen molar-refractivity contribution in [1.29, 1.82) is 0 Å². The van der Waals surface area contributed by atoms with Crippen molar-refractivity contribution in [2.75, 3.05) is 40.3 Å². The van der Waals surface area contributed by atoms with Crippen molar-refractivity contribution < 1.29 is 9.53 Å². The first-order valence-electron chi connectivity index (χ1n) is 7.67. The highest BCUT2D eigenvalue weighted by molar-refractivity contribution is 5.78. The highest BCUT2D eigenvalue weighted by Gasteiger charge is 2.54. The van der Waals surface area contributed by atoms with Gasteiger partial charge in [-0.1, -0.05) is 30.3 Å². The zero-order valence-electron chi connectivity index (χ0n) is 12.9. The van der Waals surface area contributed by atoms with Crippen molar-refractivity contribution in [3.05, 3.63) is 35.9 Å². The van der Waals surface area contributed by atoms with E-state index in [4.69, 9.17) is 4.74 Å². The number of rotatable bonds is 3. The number of benzene rings is 1. The lowest BCUT2D eigenvalue weighted by atomic mass is 9.72. The van der Waals surface area contributed by atoms with Gasteiger partial charge in [0.15, 0.2) is 0 Å². The Balaban J connectivity index is 1.77. The van der Waals surface area contributed by atoms with Gasteiger partial charge in [0, 0.05) is 32.1 Å². The standard InChI is InChI=1S/C17H24N2O2/c1-18-9-8-17(16(20)21-2)13-19(12-15(17)11-18)10-14-6-4-3-5-7-14/h3-7,15H,8-13H2,1-2H3/t15-,17-/m0/s1. The summed E-state index contributed by atoms with van der Waals surface area (Å²) in [5.74, 6) is 0.364. The maximum atomic E-state index is 12.4. The van der Waals surface area contributed by atoms with Crippen LogP contribution in [0.25, 0.3) is 0 Å². The lowest BCUT2D eigenvalue weighted by Crippen LogP contribution is -2.50. The summed E-state index contributed by atoms with van der Waals surface area (Å²) in [5.41, 5.74) is 1.01. The van der Waals surface area contributed by atoms with Gasteiger partial charge < -0.3 is 9.64 Å². The number of esters is 1. The van der Waals surface area contributed by atoms with E-state index >= 15 is 0 Å². The molecule has 0 bridgehead atoms. The van der Waals surface area contributed by atoms with Crippen molar-refractivity contribution in [2.45, 2.75) is 13.0 Å². The van der Waals surface area contributed by atoms with Crippen LogP contribution >= 0.6 is 0 Å². The average molecular weight is 288 g/mol. The van der Waals surface area contributed by atoms with Gasteiger partial charge in [0.05, 0.1) is 12.5 Å². The Kier molecular flexibility index (Phi) is 4.00. The molecular formula is C17H24N2O2. The number of hydrogen-bond acceptors (Lipinski definition) is 4. The molecule has 0 saturated carbocycles. The molecule has 4 nitrogen and oxygen atoms in total. The summed E-state index contributed by atoms with van der Waals surface area (Å²) in [6.07, 6.45) is 0.909. The molecule has 0 amide bonds. The summed E-state index contributed by atoms with van der Waals surface area (Å²) in [4.78, 5) is 17.2. The van der Waals surface area contributed by atoms with E-state index in [-0.39, 0.29) is 11.4 Å². The molecule has 0 spiro atoms. The second kappa shape index (κ2) is 5.78. The molecular weight excluding hydrogens is 264 g/mol.